The van der Waals surface area contributed by atoms with Gasteiger partial charge in [0.1, 0.15) is 6.10 Å². The number of ether oxygens (including phenoxy) is 1. The number of benzene rings is 1. The van der Waals surface area contributed by atoms with Crippen LogP contribution < -0.4 is 0 Å². The molecule has 0 N–H and O–H groups in total. The first kappa shape index (κ1) is 16.1. The third kappa shape index (κ3) is 3.58. The topological polar surface area (TPSA) is 44.1 Å². The number of halogens is 1. The van der Waals surface area contributed by atoms with Gasteiger partial charge in [-0.15, -0.1) is 0 Å². The van der Waals surface area contributed by atoms with E-state index in [1.165, 1.54) is 6.42 Å². The van der Waals surface area contributed by atoms with Crippen LogP contribution in [0.25, 0.3) is 5.69 Å². The van der Waals surface area contributed by atoms with E-state index in [2.05, 4.69) is 5.10 Å². The lowest BCUT2D eigenvalue weighted by atomic mass is 9.98. The van der Waals surface area contributed by atoms with E-state index in [1.54, 1.807) is 12.1 Å². The van der Waals surface area contributed by atoms with Crippen LogP contribution in [0.1, 0.15) is 53.8 Å². The number of carbonyl (C=O) groups excluding carboxylic acids is 1. The molecule has 1 aromatic carbocycles. The van der Waals surface area contributed by atoms with E-state index < -0.39 is 0 Å². The van der Waals surface area contributed by atoms with Crippen molar-refractivity contribution in [1.29, 1.82) is 0 Å². The molecule has 0 unspecified atom stereocenters. The SMILES string of the molecule is Cc1cc(C)n(-c2ccc(Cl)c(C(=O)OC3CCCCC3)c2)n1. The first-order chi connectivity index (χ1) is 11.0. The Hall–Kier alpha value is -1.81. The molecule has 0 atom stereocenters. The predicted octanol–water partition coefficient (Wildman–Crippen LogP) is 4.63. The maximum atomic E-state index is 12.5. The average Bonchev–Trinajstić information content (AvgIpc) is 2.87. The second-order valence-corrected chi connectivity index (χ2v) is 6.58. The molecular formula is C18H21ClN2O2. The number of hydrogen-bond acceptors (Lipinski definition) is 3. The van der Waals surface area contributed by atoms with Gasteiger partial charge in [0.25, 0.3) is 0 Å². The van der Waals surface area contributed by atoms with Crippen LogP contribution in [0.15, 0.2) is 24.3 Å². The van der Waals surface area contributed by atoms with E-state index >= 15 is 0 Å². The van der Waals surface area contributed by atoms with Crippen molar-refractivity contribution in [1.82, 2.24) is 9.78 Å². The fourth-order valence-corrected chi connectivity index (χ4v) is 3.28. The second-order valence-electron chi connectivity index (χ2n) is 6.17. The summed E-state index contributed by atoms with van der Waals surface area (Å²) in [4.78, 5) is 12.5. The number of rotatable bonds is 3. The Balaban J connectivity index is 1.85. The minimum absolute atomic E-state index is 0.0182. The third-order valence-corrected chi connectivity index (χ3v) is 4.58. The number of hydrogen-bond donors (Lipinski definition) is 0. The maximum absolute atomic E-state index is 12.5. The molecule has 1 fully saturated rings. The summed E-state index contributed by atoms with van der Waals surface area (Å²) >= 11 is 6.21. The van der Waals surface area contributed by atoms with E-state index in [0.29, 0.717) is 10.6 Å². The molecule has 3 rings (SSSR count). The summed E-state index contributed by atoms with van der Waals surface area (Å²) in [6.45, 7) is 3.92. The van der Waals surface area contributed by atoms with Gasteiger partial charge in [0, 0.05) is 5.69 Å². The molecular weight excluding hydrogens is 312 g/mol. The average molecular weight is 333 g/mol. The van der Waals surface area contributed by atoms with Gasteiger partial charge in [0.2, 0.25) is 0 Å². The van der Waals surface area contributed by atoms with Crippen LogP contribution in [0, 0.1) is 13.8 Å². The van der Waals surface area contributed by atoms with E-state index in [1.807, 2.05) is 30.7 Å². The van der Waals surface area contributed by atoms with E-state index in [9.17, 15) is 4.79 Å². The van der Waals surface area contributed by atoms with Crippen molar-refractivity contribution < 1.29 is 9.53 Å². The monoisotopic (exact) mass is 332 g/mol. The molecule has 0 amide bonds. The van der Waals surface area contributed by atoms with Crippen molar-refractivity contribution in [3.8, 4) is 5.69 Å². The Morgan fingerprint density at radius 2 is 1.96 bits per heavy atom. The Labute approximate surface area is 141 Å². The van der Waals surface area contributed by atoms with Gasteiger partial charge in [-0.1, -0.05) is 18.0 Å². The van der Waals surface area contributed by atoms with Gasteiger partial charge in [-0.2, -0.15) is 5.10 Å². The van der Waals surface area contributed by atoms with Crippen molar-refractivity contribution in [2.24, 2.45) is 0 Å². The van der Waals surface area contributed by atoms with Gasteiger partial charge < -0.3 is 4.74 Å². The summed E-state index contributed by atoms with van der Waals surface area (Å²) in [7, 11) is 0. The molecule has 0 saturated heterocycles. The number of esters is 1. The lowest BCUT2D eigenvalue weighted by Gasteiger charge is -2.22. The van der Waals surface area contributed by atoms with Crippen molar-refractivity contribution in [3.05, 3.63) is 46.2 Å². The summed E-state index contributed by atoms with van der Waals surface area (Å²) < 4.78 is 7.44. The van der Waals surface area contributed by atoms with Gasteiger partial charge in [0.05, 0.1) is 22.0 Å². The van der Waals surface area contributed by atoms with Gasteiger partial charge in [-0.25, -0.2) is 9.48 Å². The van der Waals surface area contributed by atoms with E-state index in [0.717, 1.165) is 42.8 Å². The Kier molecular flexibility index (Phi) is 4.71. The second kappa shape index (κ2) is 6.75. The number of nitrogens with zero attached hydrogens (tertiary/aromatic N) is 2. The Bertz CT molecular complexity index is 718. The van der Waals surface area contributed by atoms with Crippen molar-refractivity contribution in [3.63, 3.8) is 0 Å². The third-order valence-electron chi connectivity index (χ3n) is 4.25. The normalized spacial score (nSPS) is 15.6. The molecule has 1 saturated carbocycles. The highest BCUT2D eigenvalue weighted by atomic mass is 35.5. The van der Waals surface area contributed by atoms with Gasteiger partial charge in [-0.05, 0) is 63.8 Å². The zero-order chi connectivity index (χ0) is 16.4. The van der Waals surface area contributed by atoms with Crippen molar-refractivity contribution >= 4 is 17.6 Å². The zero-order valence-electron chi connectivity index (χ0n) is 13.5. The summed E-state index contributed by atoms with van der Waals surface area (Å²) in [6.07, 6.45) is 5.38. The molecule has 23 heavy (non-hydrogen) atoms. The molecule has 2 aromatic rings. The van der Waals surface area contributed by atoms with Gasteiger partial charge >= 0.3 is 5.97 Å². The molecule has 122 valence electrons. The molecule has 1 aromatic heterocycles. The maximum Gasteiger partial charge on any atom is 0.340 e. The number of aryl methyl sites for hydroxylation is 2. The molecule has 1 heterocycles. The first-order valence-corrected chi connectivity index (χ1v) is 8.46. The molecule has 0 radical (unpaired) electrons. The van der Waals surface area contributed by atoms with Gasteiger partial charge in [0.15, 0.2) is 0 Å². The van der Waals surface area contributed by atoms with Crippen LogP contribution in [-0.4, -0.2) is 21.9 Å². The fraction of sp³-hybridized carbons (Fsp3) is 0.444. The smallest absolute Gasteiger partial charge is 0.340 e. The summed E-state index contributed by atoms with van der Waals surface area (Å²) in [5, 5.41) is 4.86. The van der Waals surface area contributed by atoms with E-state index in [-0.39, 0.29) is 12.1 Å². The van der Waals surface area contributed by atoms with Crippen molar-refractivity contribution in [2.75, 3.05) is 0 Å². The number of aromatic nitrogens is 2. The van der Waals surface area contributed by atoms with Crippen LogP contribution in [0.4, 0.5) is 0 Å². The van der Waals surface area contributed by atoms with Crippen molar-refractivity contribution in [2.45, 2.75) is 52.1 Å². The van der Waals surface area contributed by atoms with Crippen LogP contribution in [0.5, 0.6) is 0 Å². The highest BCUT2D eigenvalue weighted by Crippen LogP contribution is 2.25. The summed E-state index contributed by atoms with van der Waals surface area (Å²) in [5.41, 5.74) is 3.16. The quantitative estimate of drug-likeness (QED) is 0.769. The molecule has 0 spiro atoms. The van der Waals surface area contributed by atoms with Crippen LogP contribution in [0.3, 0.4) is 0 Å². The van der Waals surface area contributed by atoms with E-state index in [4.69, 9.17) is 16.3 Å². The minimum atomic E-state index is -0.342. The number of carbonyl (C=O) groups is 1. The summed E-state index contributed by atoms with van der Waals surface area (Å²) in [5.74, 6) is -0.342. The highest BCUT2D eigenvalue weighted by Gasteiger charge is 2.21. The highest BCUT2D eigenvalue weighted by molar-refractivity contribution is 6.33. The lowest BCUT2D eigenvalue weighted by molar-refractivity contribution is 0.0211. The van der Waals surface area contributed by atoms with Crippen LogP contribution in [0.2, 0.25) is 5.02 Å². The van der Waals surface area contributed by atoms with Crippen LogP contribution in [-0.2, 0) is 4.74 Å². The minimum Gasteiger partial charge on any atom is -0.459 e. The molecule has 1 aliphatic carbocycles. The zero-order valence-corrected chi connectivity index (χ0v) is 14.3. The lowest BCUT2D eigenvalue weighted by Crippen LogP contribution is -2.21. The molecule has 0 bridgehead atoms. The molecule has 4 nitrogen and oxygen atoms in total. The standard InChI is InChI=1S/C18H21ClN2O2/c1-12-10-13(2)21(20-12)14-8-9-17(19)16(11-14)18(22)23-15-6-4-3-5-7-15/h8-11,15H,3-7H2,1-2H3. The fourth-order valence-electron chi connectivity index (χ4n) is 3.09. The predicted molar refractivity (Wildman–Crippen MR) is 90.3 cm³/mol. The first-order valence-electron chi connectivity index (χ1n) is 8.09. The molecule has 5 heteroatoms. The molecule has 1 aliphatic rings. The van der Waals surface area contributed by atoms with Gasteiger partial charge in [-0.3, -0.25) is 0 Å². The largest absolute Gasteiger partial charge is 0.459 e. The Morgan fingerprint density at radius 3 is 2.61 bits per heavy atom. The summed E-state index contributed by atoms with van der Waals surface area (Å²) in [6, 6.07) is 7.34. The molecule has 0 aliphatic heterocycles. The van der Waals surface area contributed by atoms with Crippen LogP contribution >= 0.6 is 11.6 Å². The Morgan fingerprint density at radius 1 is 1.22 bits per heavy atom.